The summed E-state index contributed by atoms with van der Waals surface area (Å²) in [6.07, 6.45) is -0.472. The van der Waals surface area contributed by atoms with Crippen molar-refractivity contribution in [1.29, 1.82) is 0 Å². The van der Waals surface area contributed by atoms with Crippen LogP contribution in [0.4, 0.5) is 32.3 Å². The summed E-state index contributed by atoms with van der Waals surface area (Å²) < 4.78 is 20.4. The molecule has 77 heavy (non-hydrogen) atoms. The summed E-state index contributed by atoms with van der Waals surface area (Å²) in [4.78, 5) is 61.5. The maximum Gasteiger partial charge on any atom is 1.00 e. The number of ether oxygens (including phenoxy) is 4. The van der Waals surface area contributed by atoms with Gasteiger partial charge in [-0.25, -0.2) is 9.59 Å². The molecule has 0 saturated carbocycles. The molecule has 3 N–H and O–H groups in total. The van der Waals surface area contributed by atoms with E-state index < -0.39 is 23.4 Å². The third kappa shape index (κ3) is 28.9. The van der Waals surface area contributed by atoms with Crippen LogP contribution < -0.4 is 182 Å². The van der Waals surface area contributed by atoms with Crippen LogP contribution in [-0.4, -0.2) is 68.1 Å². The van der Waals surface area contributed by atoms with E-state index >= 15 is 0 Å². The van der Waals surface area contributed by atoms with Crippen molar-refractivity contribution in [3.8, 4) is 0 Å². The minimum absolute atomic E-state index is 0. The standard InChI is InChI=1S/C28H34N2O4.C20H26N2O4.C8H9Br.CH2O3.HI.2K.Na.H/c1-19-11-13-21(14-12-19)18-30(20(2)17-26(31)33-6)25-16-15-24(22-9-7-8-10-23(22)25)29-27(32)34-28(3,4)5;1-13(12-18(23)25-5)21-16-10-11-17(15-9-7-6-8-14(15)16)22-19(24)26-20(2,3)4;1-7-2-4-8(6-9)5-3-7;2-1-4-3;;;;;/h7-16,20H,17-18H2,1-6H3,(H,29,32);6-11,13,21H,12H2,1-5H3,(H,22,24);2-5H,6H2,1H3;1,3H;1H;;;;/q;;;;;3*+1;-1/p-2/t20-;13-;;;;;;;/m00......./s1. The van der Waals surface area contributed by atoms with Gasteiger partial charge in [0.1, 0.15) is 11.2 Å². The van der Waals surface area contributed by atoms with Crippen molar-refractivity contribution < 1.29 is 211 Å². The number of rotatable bonds is 14. The Morgan fingerprint density at radius 2 is 1.00 bits per heavy atom. The van der Waals surface area contributed by atoms with Gasteiger partial charge >= 0.3 is 156 Å². The van der Waals surface area contributed by atoms with Gasteiger partial charge in [-0.05, 0) is 105 Å². The van der Waals surface area contributed by atoms with E-state index in [-0.39, 0.29) is 201 Å². The first-order valence-corrected chi connectivity index (χ1v) is 24.7. The molecule has 0 aliphatic heterocycles. The van der Waals surface area contributed by atoms with E-state index in [1.165, 1.54) is 30.9 Å². The molecule has 20 heteroatoms. The molecule has 0 bridgehead atoms. The molecule has 0 aliphatic rings. The van der Waals surface area contributed by atoms with Crippen molar-refractivity contribution in [1.82, 2.24) is 0 Å². The summed E-state index contributed by atoms with van der Waals surface area (Å²) in [5.41, 5.74) is 7.03. The zero-order valence-corrected chi connectivity index (χ0v) is 59.3. The fourth-order valence-corrected chi connectivity index (χ4v) is 7.51. The Bertz CT molecular complexity index is 2750. The summed E-state index contributed by atoms with van der Waals surface area (Å²) in [5.74, 6) is -0.522. The fraction of sp³-hybridized carbons (Fsp3) is 0.351. The minimum atomic E-state index is -0.589. The van der Waals surface area contributed by atoms with E-state index in [0.717, 1.165) is 43.8 Å². The van der Waals surface area contributed by atoms with Crippen molar-refractivity contribution in [3.63, 3.8) is 0 Å². The first-order chi connectivity index (χ1) is 34.5. The smallest absolute Gasteiger partial charge is 1.00 e. The van der Waals surface area contributed by atoms with Crippen LogP contribution in [-0.2, 0) is 50.1 Å². The quantitative estimate of drug-likeness (QED) is 0.0199. The summed E-state index contributed by atoms with van der Waals surface area (Å²) in [5, 5.41) is 22.1. The van der Waals surface area contributed by atoms with Crippen LogP contribution >= 0.6 is 15.9 Å². The van der Waals surface area contributed by atoms with E-state index in [4.69, 9.17) is 29.0 Å². The van der Waals surface area contributed by atoms with Crippen LogP contribution in [0.2, 0.25) is 0 Å². The third-order valence-electron chi connectivity index (χ3n) is 10.5. The average molecular weight is 1300 g/mol. The molecule has 402 valence electrons. The Morgan fingerprint density at radius 1 is 0.623 bits per heavy atom. The van der Waals surface area contributed by atoms with Crippen molar-refractivity contribution in [2.45, 2.75) is 117 Å². The zero-order chi connectivity index (χ0) is 54.3. The minimum Gasteiger partial charge on any atom is -1.00 e. The van der Waals surface area contributed by atoms with Gasteiger partial charge in [0, 0.05) is 56.9 Å². The Labute approximate surface area is 588 Å². The van der Waals surface area contributed by atoms with Gasteiger partial charge in [0.25, 0.3) is 6.47 Å². The predicted octanol–water partition coefficient (Wildman–Crippen LogP) is 0.457. The molecule has 0 unspecified atom stereocenters. The van der Waals surface area contributed by atoms with E-state index in [1.807, 2.05) is 128 Å². The number of anilines is 4. The number of nitrogens with zero attached hydrogens (tertiary/aromatic N) is 1. The average Bonchev–Trinajstić information content (AvgIpc) is 3.34. The number of aryl methyl sites for hydroxylation is 2. The first kappa shape index (κ1) is 76.9. The molecule has 6 aromatic rings. The van der Waals surface area contributed by atoms with Gasteiger partial charge in [-0.15, -0.1) is 0 Å². The van der Waals surface area contributed by atoms with Gasteiger partial charge in [0.05, 0.1) is 38.4 Å². The van der Waals surface area contributed by atoms with Gasteiger partial charge in [0.15, 0.2) is 0 Å². The van der Waals surface area contributed by atoms with Gasteiger partial charge in [-0.1, -0.05) is 124 Å². The number of halogens is 2. The zero-order valence-electron chi connectivity index (χ0n) is 48.3. The number of carbonyl (C=O) groups excluding carboxylic acids is 5. The third-order valence-corrected chi connectivity index (χ3v) is 11.2. The molecule has 0 fully saturated rings. The second-order valence-electron chi connectivity index (χ2n) is 19.0. The van der Waals surface area contributed by atoms with Gasteiger partial charge in [-0.3, -0.25) is 25.0 Å². The largest absolute Gasteiger partial charge is 1.00 e. The van der Waals surface area contributed by atoms with E-state index in [0.29, 0.717) is 17.9 Å². The molecule has 15 nitrogen and oxygen atoms in total. The molecule has 2 atom stereocenters. The Balaban J connectivity index is -0.00000113. The molecule has 2 amide bonds. The molecule has 6 aromatic carbocycles. The van der Waals surface area contributed by atoms with Crippen molar-refractivity contribution in [2.75, 3.05) is 35.1 Å². The molecule has 0 aromatic heterocycles. The summed E-state index contributed by atoms with van der Waals surface area (Å²) >= 11 is 3.38. The maximum absolute atomic E-state index is 12.4. The number of benzene rings is 6. The first-order valence-electron chi connectivity index (χ1n) is 23.6. The number of carbonyl (C=O) groups is 5. The van der Waals surface area contributed by atoms with Crippen LogP contribution in [0.15, 0.2) is 121 Å². The van der Waals surface area contributed by atoms with Crippen LogP contribution in [0.1, 0.15) is 91.9 Å². The van der Waals surface area contributed by atoms with E-state index in [1.54, 1.807) is 0 Å². The van der Waals surface area contributed by atoms with Crippen LogP contribution in [0.25, 0.3) is 21.5 Å². The summed E-state index contributed by atoms with van der Waals surface area (Å²) in [6.45, 7) is 19.5. The fourth-order valence-electron chi connectivity index (χ4n) is 7.13. The van der Waals surface area contributed by atoms with Crippen LogP contribution in [0, 0.1) is 13.8 Å². The second kappa shape index (κ2) is 39.3. The predicted molar refractivity (Wildman–Crippen MR) is 293 cm³/mol. The summed E-state index contributed by atoms with van der Waals surface area (Å²) in [7, 11) is 2.79. The van der Waals surface area contributed by atoms with Crippen LogP contribution in [0.5, 0.6) is 0 Å². The number of hydrogen-bond donors (Lipinski definition) is 3. The number of fused-ring (bicyclic) bond motifs is 2. The van der Waals surface area contributed by atoms with Crippen LogP contribution in [0.3, 0.4) is 0 Å². The molecular formula is C57H71BrIK2N4NaO11. The topological polar surface area (TPSA) is 194 Å². The second-order valence-corrected chi connectivity index (χ2v) is 19.6. The Morgan fingerprint density at radius 3 is 1.42 bits per heavy atom. The number of alkyl halides is 1. The monoisotopic (exact) mass is 1290 g/mol. The number of nitrogens with one attached hydrogen (secondary N) is 3. The maximum atomic E-state index is 12.4. The number of esters is 2. The van der Waals surface area contributed by atoms with Crippen molar-refractivity contribution in [2.24, 2.45) is 0 Å². The van der Waals surface area contributed by atoms with E-state index in [2.05, 4.69) is 104 Å². The van der Waals surface area contributed by atoms with Gasteiger partial charge < -0.3 is 64.7 Å². The SMILES string of the molecule is COC(=O)C[C@H](C)N(Cc1ccc(C)cc1)c1ccc(NC(=O)OC(C)(C)C)c2ccccc12.COC(=O)C[C@H](C)Nc1ccc(NC(=O)OC(C)(C)C)c2ccccc12.Cc1ccc(CBr)cc1.O=CO[O-].[H-].[I-].[K+].[K+].[Na+]. The molecule has 0 radical (unpaired) electrons. The molecule has 6 rings (SSSR count). The number of methoxy groups -OCH3 is 2. The van der Waals surface area contributed by atoms with Crippen molar-refractivity contribution >= 4 is 90.8 Å². The normalized spacial score (nSPS) is 10.9. The van der Waals surface area contributed by atoms with Gasteiger partial charge in [-0.2, -0.15) is 0 Å². The van der Waals surface area contributed by atoms with E-state index in [9.17, 15) is 19.2 Å². The molecular weight excluding hydrogens is 1220 g/mol. The number of hydrogen-bond acceptors (Lipinski definition) is 13. The summed E-state index contributed by atoms with van der Waals surface area (Å²) in [6, 6.07) is 39.9. The van der Waals surface area contributed by atoms with Crippen molar-refractivity contribution in [3.05, 3.63) is 144 Å². The molecule has 0 heterocycles. The Kier molecular flexibility index (Phi) is 39.2. The molecule has 0 aliphatic carbocycles. The molecule has 0 spiro atoms. The van der Waals surface area contributed by atoms with Gasteiger partial charge in [0.2, 0.25) is 0 Å². The molecule has 0 saturated heterocycles. The number of amides is 2. The Hall–Kier alpha value is -2.17.